The van der Waals surface area contributed by atoms with Crippen molar-refractivity contribution in [2.75, 3.05) is 12.0 Å². The summed E-state index contributed by atoms with van der Waals surface area (Å²) in [5.41, 5.74) is 2.92. The minimum Gasteiger partial charge on any atom is -0.445 e. The average Bonchev–Trinajstić information content (AvgIpc) is 2.49. The summed E-state index contributed by atoms with van der Waals surface area (Å²) in [6.45, 7) is 0.159. The average molecular weight is 297 g/mol. The Hall–Kier alpha value is -1.73. The molecule has 1 aromatic rings. The van der Waals surface area contributed by atoms with Gasteiger partial charge in [-0.2, -0.15) is 11.8 Å². The van der Waals surface area contributed by atoms with E-state index in [1.54, 1.807) is 11.8 Å². The number of hydrogen-bond acceptors (Lipinski definition) is 5. The zero-order chi connectivity index (χ0) is 14.8. The number of nitrogens with two attached hydrogens (primary N) is 1. The van der Waals surface area contributed by atoms with Gasteiger partial charge in [0.2, 0.25) is 0 Å². The minimum absolute atomic E-state index is 0.159. The van der Waals surface area contributed by atoms with Crippen LogP contribution in [0.5, 0.6) is 0 Å². The van der Waals surface area contributed by atoms with E-state index < -0.39 is 18.0 Å². The van der Waals surface area contributed by atoms with Crippen LogP contribution >= 0.6 is 11.8 Å². The molecule has 1 atom stereocenters. The van der Waals surface area contributed by atoms with Gasteiger partial charge in [0.15, 0.2) is 0 Å². The number of alkyl carbamates (subject to hydrolysis) is 1. The summed E-state index contributed by atoms with van der Waals surface area (Å²) < 4.78 is 5.06. The maximum absolute atomic E-state index is 11.6. The van der Waals surface area contributed by atoms with E-state index >= 15 is 0 Å². The van der Waals surface area contributed by atoms with Gasteiger partial charge in [-0.05, 0) is 24.0 Å². The van der Waals surface area contributed by atoms with Gasteiger partial charge in [-0.15, -0.1) is 0 Å². The van der Waals surface area contributed by atoms with Gasteiger partial charge < -0.3 is 10.1 Å². The molecule has 110 valence electrons. The van der Waals surface area contributed by atoms with E-state index in [2.05, 4.69) is 5.32 Å². The number of amides is 2. The van der Waals surface area contributed by atoms with Crippen molar-refractivity contribution in [2.24, 2.45) is 5.84 Å². The molecule has 0 saturated carbocycles. The lowest BCUT2D eigenvalue weighted by atomic mass is 10.2. The lowest BCUT2D eigenvalue weighted by molar-refractivity contribution is -0.123. The molecule has 6 nitrogen and oxygen atoms in total. The van der Waals surface area contributed by atoms with Crippen LogP contribution in [0.1, 0.15) is 12.0 Å². The fraction of sp³-hybridized carbons (Fsp3) is 0.385. The summed E-state index contributed by atoms with van der Waals surface area (Å²) in [7, 11) is 0. The highest BCUT2D eigenvalue weighted by molar-refractivity contribution is 7.98. The van der Waals surface area contributed by atoms with Gasteiger partial charge in [-0.25, -0.2) is 10.6 Å². The zero-order valence-corrected chi connectivity index (χ0v) is 12.1. The van der Waals surface area contributed by atoms with Crippen molar-refractivity contribution in [1.29, 1.82) is 0 Å². The lowest BCUT2D eigenvalue weighted by Crippen LogP contribution is -2.49. The third kappa shape index (κ3) is 5.94. The summed E-state index contributed by atoms with van der Waals surface area (Å²) >= 11 is 1.58. The molecular weight excluding hydrogens is 278 g/mol. The predicted octanol–water partition coefficient (Wildman–Crippen LogP) is 1.02. The van der Waals surface area contributed by atoms with Crippen LogP contribution in [0.25, 0.3) is 0 Å². The Balaban J connectivity index is 2.43. The number of carbonyl (C=O) groups is 2. The van der Waals surface area contributed by atoms with Gasteiger partial charge in [-0.3, -0.25) is 10.2 Å². The Morgan fingerprint density at radius 1 is 1.35 bits per heavy atom. The van der Waals surface area contributed by atoms with Crippen molar-refractivity contribution < 1.29 is 14.3 Å². The molecule has 0 heterocycles. The molecule has 0 aliphatic carbocycles. The number of thioether (sulfide) groups is 1. The molecule has 0 radical (unpaired) electrons. The number of benzene rings is 1. The molecule has 0 aliphatic heterocycles. The molecule has 1 aromatic carbocycles. The van der Waals surface area contributed by atoms with Crippen LogP contribution in [0, 0.1) is 0 Å². The SMILES string of the molecule is CSCC[C@H](NC(=O)OCc1ccccc1)C(=O)NN. The van der Waals surface area contributed by atoms with Crippen LogP contribution < -0.4 is 16.6 Å². The fourth-order valence-corrected chi connectivity index (χ4v) is 1.98. The van der Waals surface area contributed by atoms with Crippen LogP contribution in [0.3, 0.4) is 0 Å². The van der Waals surface area contributed by atoms with E-state index in [4.69, 9.17) is 10.6 Å². The second-order valence-corrected chi connectivity index (χ2v) is 5.03. The number of nitrogens with one attached hydrogen (secondary N) is 2. The molecule has 0 saturated heterocycles. The highest BCUT2D eigenvalue weighted by atomic mass is 32.2. The van der Waals surface area contributed by atoms with E-state index in [-0.39, 0.29) is 6.61 Å². The van der Waals surface area contributed by atoms with Gasteiger partial charge in [-0.1, -0.05) is 30.3 Å². The van der Waals surface area contributed by atoms with E-state index in [1.807, 2.05) is 42.0 Å². The molecule has 0 aliphatic rings. The third-order valence-electron chi connectivity index (χ3n) is 2.57. The second-order valence-electron chi connectivity index (χ2n) is 4.05. The van der Waals surface area contributed by atoms with Crippen LogP contribution in [0.2, 0.25) is 0 Å². The maximum atomic E-state index is 11.6. The van der Waals surface area contributed by atoms with Crippen LogP contribution in [-0.4, -0.2) is 30.1 Å². The quantitative estimate of drug-likeness (QED) is 0.397. The molecule has 1 rings (SSSR count). The van der Waals surface area contributed by atoms with Crippen LogP contribution in [0.4, 0.5) is 4.79 Å². The van der Waals surface area contributed by atoms with Crippen LogP contribution in [0.15, 0.2) is 30.3 Å². The predicted molar refractivity (Wildman–Crippen MR) is 78.9 cm³/mol. The second kappa shape index (κ2) is 9.22. The topological polar surface area (TPSA) is 93.4 Å². The number of ether oxygens (including phenoxy) is 1. The van der Waals surface area contributed by atoms with E-state index in [9.17, 15) is 9.59 Å². The lowest BCUT2D eigenvalue weighted by Gasteiger charge is -2.16. The summed E-state index contributed by atoms with van der Waals surface area (Å²) in [6, 6.07) is 8.62. The number of carbonyl (C=O) groups excluding carboxylic acids is 2. The molecule has 4 N–H and O–H groups in total. The molecule has 7 heteroatoms. The molecule has 0 fully saturated rings. The van der Waals surface area contributed by atoms with Crippen molar-refractivity contribution >= 4 is 23.8 Å². The van der Waals surface area contributed by atoms with Crippen molar-refractivity contribution in [3.8, 4) is 0 Å². The van der Waals surface area contributed by atoms with E-state index in [1.165, 1.54) is 0 Å². The first-order chi connectivity index (χ1) is 9.67. The standard InChI is InChI=1S/C13H19N3O3S/c1-20-8-7-11(12(17)16-14)15-13(18)19-9-10-5-3-2-4-6-10/h2-6,11H,7-9,14H2,1H3,(H,15,18)(H,16,17)/t11-/m0/s1. The number of hydrazine groups is 1. The molecule has 0 bridgehead atoms. The normalized spacial score (nSPS) is 11.5. The summed E-state index contributed by atoms with van der Waals surface area (Å²) in [6.07, 6.45) is 1.78. The smallest absolute Gasteiger partial charge is 0.408 e. The van der Waals surface area contributed by atoms with Crippen molar-refractivity contribution in [3.05, 3.63) is 35.9 Å². The Morgan fingerprint density at radius 2 is 2.05 bits per heavy atom. The summed E-state index contributed by atoms with van der Waals surface area (Å²) in [4.78, 5) is 23.2. The zero-order valence-electron chi connectivity index (χ0n) is 11.3. The van der Waals surface area contributed by atoms with Gasteiger partial charge in [0.05, 0.1) is 0 Å². The Labute approximate surface area is 122 Å². The van der Waals surface area contributed by atoms with Gasteiger partial charge >= 0.3 is 6.09 Å². The molecule has 2 amide bonds. The Kier molecular flexibility index (Phi) is 7.52. The molecule has 0 aromatic heterocycles. The van der Waals surface area contributed by atoms with Crippen LogP contribution in [-0.2, 0) is 16.1 Å². The maximum Gasteiger partial charge on any atom is 0.408 e. The van der Waals surface area contributed by atoms with Gasteiger partial charge in [0, 0.05) is 0 Å². The largest absolute Gasteiger partial charge is 0.445 e. The third-order valence-corrected chi connectivity index (χ3v) is 3.22. The summed E-state index contributed by atoms with van der Waals surface area (Å²) in [5, 5.41) is 2.51. The first kappa shape index (κ1) is 16.3. The monoisotopic (exact) mass is 297 g/mol. The van der Waals surface area contributed by atoms with Crippen molar-refractivity contribution in [3.63, 3.8) is 0 Å². The molecule has 20 heavy (non-hydrogen) atoms. The molecule has 0 spiro atoms. The Morgan fingerprint density at radius 3 is 2.65 bits per heavy atom. The minimum atomic E-state index is -0.685. The van der Waals surface area contributed by atoms with E-state index in [0.717, 1.165) is 11.3 Å². The number of hydrogen-bond donors (Lipinski definition) is 3. The number of rotatable bonds is 7. The summed E-state index contributed by atoms with van der Waals surface area (Å²) in [5.74, 6) is 5.39. The van der Waals surface area contributed by atoms with E-state index in [0.29, 0.717) is 6.42 Å². The molecular formula is C13H19N3O3S. The van der Waals surface area contributed by atoms with Crippen molar-refractivity contribution in [2.45, 2.75) is 19.1 Å². The highest BCUT2D eigenvalue weighted by Crippen LogP contribution is 2.03. The highest BCUT2D eigenvalue weighted by Gasteiger charge is 2.20. The first-order valence-corrected chi connectivity index (χ1v) is 7.53. The molecule has 0 unspecified atom stereocenters. The fourth-order valence-electron chi connectivity index (χ4n) is 1.51. The Bertz CT molecular complexity index is 428. The van der Waals surface area contributed by atoms with Gasteiger partial charge in [0.25, 0.3) is 5.91 Å². The van der Waals surface area contributed by atoms with Gasteiger partial charge in [0.1, 0.15) is 12.6 Å². The van der Waals surface area contributed by atoms with Crippen molar-refractivity contribution in [1.82, 2.24) is 10.7 Å². The first-order valence-electron chi connectivity index (χ1n) is 6.14.